The summed E-state index contributed by atoms with van der Waals surface area (Å²) in [6.07, 6.45) is 13.4. The Balaban J connectivity index is 0.00000131. The molecule has 0 radical (unpaired) electrons. The summed E-state index contributed by atoms with van der Waals surface area (Å²) in [5, 5.41) is 9.61. The van der Waals surface area contributed by atoms with Gasteiger partial charge in [-0.3, -0.25) is 9.80 Å². The highest BCUT2D eigenvalue weighted by Crippen LogP contribution is 2.38. The largest absolute Gasteiger partial charge is 0.385 e. The second-order valence-corrected chi connectivity index (χ2v) is 10.4. The van der Waals surface area contributed by atoms with Crippen LogP contribution in [0.15, 0.2) is 51.4 Å². The molecule has 0 aromatic rings. The molecule has 0 aromatic carbocycles. The third-order valence-corrected chi connectivity index (χ3v) is 7.51. The summed E-state index contributed by atoms with van der Waals surface area (Å²) < 4.78 is 32.4. The van der Waals surface area contributed by atoms with Crippen molar-refractivity contribution in [1.29, 1.82) is 0 Å². The van der Waals surface area contributed by atoms with Gasteiger partial charge in [0, 0.05) is 62.7 Å². The van der Waals surface area contributed by atoms with Gasteiger partial charge in [-0.2, -0.15) is 5.10 Å². The minimum absolute atomic E-state index is 0.0234. The molecule has 0 spiro atoms. The Hall–Kier alpha value is -2.81. The zero-order valence-corrected chi connectivity index (χ0v) is 25.0. The van der Waals surface area contributed by atoms with Gasteiger partial charge in [-0.05, 0) is 65.9 Å². The van der Waals surface area contributed by atoms with Gasteiger partial charge in [0.15, 0.2) is 0 Å². The molecule has 40 heavy (non-hydrogen) atoms. The molecule has 7 nitrogen and oxygen atoms in total. The number of methoxy groups -OCH3 is 1. The molecular formula is C31H48F2N4O3. The summed E-state index contributed by atoms with van der Waals surface area (Å²) in [4.78, 5) is 26.8. The third-order valence-electron chi connectivity index (χ3n) is 7.51. The molecule has 0 aromatic heterocycles. The van der Waals surface area contributed by atoms with Gasteiger partial charge in [-0.25, -0.2) is 8.78 Å². The summed E-state index contributed by atoms with van der Waals surface area (Å²) in [6.45, 7) is 10.1. The number of ether oxygens (including phenoxy) is 1. The van der Waals surface area contributed by atoms with E-state index in [2.05, 4.69) is 15.2 Å². The molecule has 1 N–H and O–H groups in total. The maximum Gasteiger partial charge on any atom is 0.253 e. The molecule has 9 heteroatoms. The maximum absolute atomic E-state index is 13.9. The smallest absolute Gasteiger partial charge is 0.253 e. The van der Waals surface area contributed by atoms with Gasteiger partial charge >= 0.3 is 0 Å². The van der Waals surface area contributed by atoms with Gasteiger partial charge in [0.2, 0.25) is 5.92 Å². The average molecular weight is 563 g/mol. The first-order chi connectivity index (χ1) is 19.2. The summed E-state index contributed by atoms with van der Waals surface area (Å²) in [7, 11) is 1.68. The van der Waals surface area contributed by atoms with Crippen LogP contribution in [0.2, 0.25) is 0 Å². The van der Waals surface area contributed by atoms with Crippen LogP contribution in [0.4, 0.5) is 8.78 Å². The van der Waals surface area contributed by atoms with Crippen molar-refractivity contribution in [2.75, 3.05) is 33.4 Å². The standard InChI is InChI=1S/C28H40F2N4O2.C3H8O/c1-4-26(34(32-5-2)22-12-14-28(29,30)15-13-22)24-20-23(21(3)10-11-25(24)31-16-19-35)27(36)33-17-8-6-7-9-18-33;1-3-4-2/h4-5,11,19-20,22,31H,6-10,12-18H2,1-3H3;3H2,1-2H3/b26-4+,32-5-;. The Kier molecular flexibility index (Phi) is 14.3. The molecule has 1 saturated carbocycles. The molecule has 0 unspecified atom stereocenters. The number of aldehydes is 1. The highest BCUT2D eigenvalue weighted by Gasteiger charge is 2.38. The van der Waals surface area contributed by atoms with Crippen LogP contribution < -0.4 is 5.32 Å². The van der Waals surface area contributed by atoms with E-state index in [1.54, 1.807) is 20.2 Å². The molecule has 2 aliphatic carbocycles. The summed E-state index contributed by atoms with van der Waals surface area (Å²) >= 11 is 0. The van der Waals surface area contributed by atoms with Gasteiger partial charge in [0.25, 0.3) is 5.91 Å². The number of alkyl halides is 2. The van der Waals surface area contributed by atoms with Gasteiger partial charge in [-0.1, -0.05) is 30.6 Å². The lowest BCUT2D eigenvalue weighted by Crippen LogP contribution is -2.38. The fourth-order valence-corrected chi connectivity index (χ4v) is 5.20. The quantitative estimate of drug-likeness (QED) is 0.207. The number of hydrazone groups is 1. The monoisotopic (exact) mass is 562 g/mol. The SMILES string of the molecule is C/C=N\N(/C(=C/C)C1=CC(C(=O)N2CCCCCC2)=C(C)CC=C1NCC=O)C1CCC(F)(F)CC1.CCOC. The topological polar surface area (TPSA) is 74.2 Å². The van der Waals surface area contributed by atoms with Crippen molar-refractivity contribution in [2.24, 2.45) is 5.10 Å². The third kappa shape index (κ3) is 9.68. The number of nitrogens with zero attached hydrogens (tertiary/aromatic N) is 3. The van der Waals surface area contributed by atoms with E-state index in [0.717, 1.165) is 74.2 Å². The van der Waals surface area contributed by atoms with E-state index in [0.29, 0.717) is 24.8 Å². The number of allylic oxidation sites excluding steroid dienone is 3. The lowest BCUT2D eigenvalue weighted by Gasteiger charge is -2.37. The summed E-state index contributed by atoms with van der Waals surface area (Å²) in [6, 6.07) is -0.182. The molecule has 3 rings (SSSR count). The van der Waals surface area contributed by atoms with E-state index in [1.807, 2.05) is 48.9 Å². The number of carbonyl (C=O) groups is 2. The molecular weight excluding hydrogens is 514 g/mol. The van der Waals surface area contributed by atoms with Crippen molar-refractivity contribution in [1.82, 2.24) is 15.2 Å². The minimum Gasteiger partial charge on any atom is -0.385 e. The number of hydrogen-bond donors (Lipinski definition) is 1. The van der Waals surface area contributed by atoms with E-state index < -0.39 is 5.92 Å². The van der Waals surface area contributed by atoms with Crippen molar-refractivity contribution in [2.45, 2.75) is 97.4 Å². The van der Waals surface area contributed by atoms with Gasteiger partial charge < -0.3 is 19.7 Å². The fourth-order valence-electron chi connectivity index (χ4n) is 5.20. The number of nitrogens with one attached hydrogen (secondary N) is 1. The number of halogens is 2. The van der Waals surface area contributed by atoms with Crippen molar-refractivity contribution >= 4 is 18.4 Å². The van der Waals surface area contributed by atoms with Crippen LogP contribution >= 0.6 is 0 Å². The number of likely N-dealkylation sites (tertiary alicyclic amines) is 1. The lowest BCUT2D eigenvalue weighted by molar-refractivity contribution is -0.126. The van der Waals surface area contributed by atoms with E-state index in [9.17, 15) is 18.4 Å². The second kappa shape index (κ2) is 17.1. The van der Waals surface area contributed by atoms with Crippen LogP contribution in [-0.2, 0) is 14.3 Å². The normalized spacial score (nSPS) is 20.6. The van der Waals surface area contributed by atoms with Gasteiger partial charge in [-0.15, -0.1) is 0 Å². The predicted octanol–water partition coefficient (Wildman–Crippen LogP) is 6.15. The molecule has 1 amide bonds. The Labute approximate surface area is 239 Å². The Morgan fingerprint density at radius 2 is 1.82 bits per heavy atom. The molecule has 2 fully saturated rings. The highest BCUT2D eigenvalue weighted by atomic mass is 19.3. The Bertz CT molecular complexity index is 981. The van der Waals surface area contributed by atoms with Gasteiger partial charge in [0.1, 0.15) is 6.29 Å². The summed E-state index contributed by atoms with van der Waals surface area (Å²) in [5.41, 5.74) is 3.84. The van der Waals surface area contributed by atoms with Gasteiger partial charge in [0.05, 0.1) is 18.3 Å². The van der Waals surface area contributed by atoms with Crippen molar-refractivity contribution in [3.63, 3.8) is 0 Å². The molecule has 3 aliphatic rings. The minimum atomic E-state index is -2.64. The Morgan fingerprint density at radius 1 is 1.20 bits per heavy atom. The molecule has 1 heterocycles. The molecule has 0 bridgehead atoms. The number of hydrogen-bond acceptors (Lipinski definition) is 6. The number of amides is 1. The second-order valence-electron chi connectivity index (χ2n) is 10.4. The number of carbonyl (C=O) groups excluding carboxylic acids is 2. The first kappa shape index (κ1) is 33.4. The molecule has 224 valence electrons. The molecule has 1 aliphatic heterocycles. The van der Waals surface area contributed by atoms with Crippen LogP contribution in [0.3, 0.4) is 0 Å². The van der Waals surface area contributed by atoms with Crippen molar-refractivity contribution < 1.29 is 23.1 Å². The average Bonchev–Trinajstić information content (AvgIpc) is 3.32. The molecule has 0 atom stereocenters. The van der Waals surface area contributed by atoms with Crippen LogP contribution in [0.1, 0.15) is 85.5 Å². The van der Waals surface area contributed by atoms with E-state index >= 15 is 0 Å². The zero-order valence-electron chi connectivity index (χ0n) is 25.0. The molecule has 1 saturated heterocycles. The lowest BCUT2D eigenvalue weighted by atomic mass is 9.91. The first-order valence-corrected chi connectivity index (χ1v) is 14.6. The maximum atomic E-state index is 13.9. The van der Waals surface area contributed by atoms with Crippen LogP contribution in [0.25, 0.3) is 0 Å². The van der Waals surface area contributed by atoms with Crippen molar-refractivity contribution in [3.05, 3.63) is 46.3 Å². The van der Waals surface area contributed by atoms with Crippen LogP contribution in [0.5, 0.6) is 0 Å². The summed E-state index contributed by atoms with van der Waals surface area (Å²) in [5.74, 6) is -2.62. The van der Waals surface area contributed by atoms with E-state index in [1.165, 1.54) is 0 Å². The van der Waals surface area contributed by atoms with Crippen LogP contribution in [0, 0.1) is 0 Å². The first-order valence-electron chi connectivity index (χ1n) is 14.6. The van der Waals surface area contributed by atoms with Crippen molar-refractivity contribution in [3.8, 4) is 0 Å². The fraction of sp³-hybridized carbons (Fsp3) is 0.645. The number of rotatable bonds is 9. The van der Waals surface area contributed by atoms with E-state index in [-0.39, 0.29) is 31.3 Å². The zero-order chi connectivity index (χ0) is 29.5. The van der Waals surface area contributed by atoms with Crippen LogP contribution in [-0.4, -0.2) is 73.6 Å². The van der Waals surface area contributed by atoms with E-state index in [4.69, 9.17) is 0 Å². The highest BCUT2D eigenvalue weighted by molar-refractivity contribution is 5.97. The Morgan fingerprint density at radius 3 is 2.35 bits per heavy atom. The predicted molar refractivity (Wildman–Crippen MR) is 157 cm³/mol.